The first kappa shape index (κ1) is 22.4. The predicted octanol–water partition coefficient (Wildman–Crippen LogP) is 5.40. The van der Waals surface area contributed by atoms with Crippen LogP contribution in [0.3, 0.4) is 0 Å². The van der Waals surface area contributed by atoms with Gasteiger partial charge in [-0.05, 0) is 25.2 Å². The summed E-state index contributed by atoms with van der Waals surface area (Å²) >= 11 is 0. The number of unbranched alkanes of at least 4 members (excludes halogenated alkanes) is 2. The quantitative estimate of drug-likeness (QED) is 0.185. The Bertz CT molecular complexity index is 405. The summed E-state index contributed by atoms with van der Waals surface area (Å²) in [6.45, 7) is 4.96. The summed E-state index contributed by atoms with van der Waals surface area (Å²) in [5.41, 5.74) is 0. The van der Waals surface area contributed by atoms with Crippen LogP contribution in [0.2, 0.25) is 0 Å². The van der Waals surface area contributed by atoms with Gasteiger partial charge in [0.25, 0.3) is 0 Å². The van der Waals surface area contributed by atoms with Gasteiger partial charge >= 0.3 is 5.97 Å². The molecule has 0 heterocycles. The van der Waals surface area contributed by atoms with Crippen LogP contribution in [0.25, 0.3) is 0 Å². The molecule has 0 fully saturated rings. The predicted molar refractivity (Wildman–Crippen MR) is 102 cm³/mol. The monoisotopic (exact) mass is 334 g/mol. The van der Waals surface area contributed by atoms with Gasteiger partial charge in [-0.3, -0.25) is 0 Å². The maximum absolute atomic E-state index is 10.8. The van der Waals surface area contributed by atoms with E-state index in [0.29, 0.717) is 12.5 Å². The molecular formula is C21H34O3. The fourth-order valence-electron chi connectivity index (χ4n) is 2.01. The molecule has 0 rings (SSSR count). The second-order valence-corrected chi connectivity index (χ2v) is 5.79. The van der Waals surface area contributed by atoms with Crippen molar-refractivity contribution in [1.29, 1.82) is 0 Å². The smallest absolute Gasteiger partial charge is 0.331 e. The van der Waals surface area contributed by atoms with E-state index in [2.05, 4.69) is 55.0 Å². The van der Waals surface area contributed by atoms with Gasteiger partial charge in [-0.15, -0.1) is 0 Å². The summed E-state index contributed by atoms with van der Waals surface area (Å²) in [5, 5.41) is 0. The van der Waals surface area contributed by atoms with Gasteiger partial charge in [-0.25, -0.2) is 4.79 Å². The average molecular weight is 335 g/mol. The highest BCUT2D eigenvalue weighted by Gasteiger charge is 1.96. The van der Waals surface area contributed by atoms with E-state index in [9.17, 15) is 4.79 Å². The third-order valence-electron chi connectivity index (χ3n) is 3.49. The molecule has 0 radical (unpaired) electrons. The number of esters is 1. The molecule has 0 aliphatic carbocycles. The number of hydrogen-bond acceptors (Lipinski definition) is 3. The number of allylic oxidation sites excluding steroid dienone is 7. The highest BCUT2D eigenvalue weighted by molar-refractivity contribution is 5.70. The van der Waals surface area contributed by atoms with Crippen molar-refractivity contribution >= 4 is 5.97 Å². The summed E-state index contributed by atoms with van der Waals surface area (Å²) < 4.78 is 9.58. The molecule has 0 amide bonds. The van der Waals surface area contributed by atoms with Crippen molar-refractivity contribution in [1.82, 2.24) is 0 Å². The van der Waals surface area contributed by atoms with Gasteiger partial charge in [-0.1, -0.05) is 81.7 Å². The Kier molecular flexibility index (Phi) is 16.5. The Labute approximate surface area is 148 Å². The molecule has 0 aliphatic heterocycles. The van der Waals surface area contributed by atoms with Crippen molar-refractivity contribution < 1.29 is 14.3 Å². The minimum Gasteiger partial charge on any atom is -0.467 e. The lowest BCUT2D eigenvalue weighted by Crippen LogP contribution is -2.09. The number of rotatable bonds is 14. The number of ether oxygens (including phenoxy) is 2. The van der Waals surface area contributed by atoms with Crippen LogP contribution in [-0.4, -0.2) is 26.3 Å². The minimum absolute atomic E-state index is 0.00616. The molecule has 1 atom stereocenters. The third-order valence-corrected chi connectivity index (χ3v) is 3.49. The molecule has 3 heteroatoms. The summed E-state index contributed by atoms with van der Waals surface area (Å²) in [5.74, 6) is 0.322. The first-order valence-corrected chi connectivity index (χ1v) is 8.98. The third kappa shape index (κ3) is 16.8. The van der Waals surface area contributed by atoms with E-state index >= 15 is 0 Å². The molecule has 0 aromatic heterocycles. The Morgan fingerprint density at radius 3 is 2.42 bits per heavy atom. The van der Waals surface area contributed by atoms with Gasteiger partial charge in [0.15, 0.2) is 0 Å². The maximum Gasteiger partial charge on any atom is 0.331 e. The fourth-order valence-corrected chi connectivity index (χ4v) is 2.01. The van der Waals surface area contributed by atoms with Crippen molar-refractivity contribution in [2.45, 2.75) is 52.4 Å². The van der Waals surface area contributed by atoms with E-state index in [1.165, 1.54) is 32.8 Å². The van der Waals surface area contributed by atoms with Crippen molar-refractivity contribution in [2.24, 2.45) is 5.92 Å². The lowest BCUT2D eigenvalue weighted by molar-refractivity contribution is -0.145. The van der Waals surface area contributed by atoms with Crippen LogP contribution in [0, 0.1) is 5.92 Å². The molecule has 0 saturated heterocycles. The van der Waals surface area contributed by atoms with E-state index in [1.807, 2.05) is 12.2 Å². The van der Waals surface area contributed by atoms with E-state index in [4.69, 9.17) is 4.74 Å². The molecule has 0 N–H and O–H groups in total. The van der Waals surface area contributed by atoms with Crippen LogP contribution < -0.4 is 0 Å². The number of hydrogen-bond donors (Lipinski definition) is 0. The van der Waals surface area contributed by atoms with E-state index in [0.717, 1.165) is 12.8 Å². The van der Waals surface area contributed by atoms with Crippen molar-refractivity contribution in [3.63, 3.8) is 0 Å². The zero-order valence-electron chi connectivity index (χ0n) is 15.6. The van der Waals surface area contributed by atoms with Gasteiger partial charge in [-0.2, -0.15) is 0 Å². The van der Waals surface area contributed by atoms with Crippen LogP contribution in [0.4, 0.5) is 0 Å². The van der Waals surface area contributed by atoms with Crippen molar-refractivity contribution in [3.05, 3.63) is 48.6 Å². The average Bonchev–Trinajstić information content (AvgIpc) is 2.58. The lowest BCUT2D eigenvalue weighted by atomic mass is 10.0. The second kappa shape index (κ2) is 17.7. The summed E-state index contributed by atoms with van der Waals surface area (Å²) in [6.07, 6.45) is 24.0. The van der Waals surface area contributed by atoms with Gasteiger partial charge in [0.1, 0.15) is 6.61 Å². The van der Waals surface area contributed by atoms with Crippen LogP contribution in [0.5, 0.6) is 0 Å². The zero-order chi connectivity index (χ0) is 17.9. The fraction of sp³-hybridized carbons (Fsp3) is 0.571. The van der Waals surface area contributed by atoms with Crippen LogP contribution in [0.1, 0.15) is 52.4 Å². The van der Waals surface area contributed by atoms with E-state index < -0.39 is 0 Å². The Balaban J connectivity index is 3.58. The molecule has 0 saturated carbocycles. The highest BCUT2D eigenvalue weighted by Crippen LogP contribution is 2.10. The summed E-state index contributed by atoms with van der Waals surface area (Å²) in [7, 11) is 1.35. The number of methoxy groups -OCH3 is 1. The minimum atomic E-state index is -0.348. The topological polar surface area (TPSA) is 35.5 Å². The zero-order valence-corrected chi connectivity index (χ0v) is 15.6. The summed E-state index contributed by atoms with van der Waals surface area (Å²) in [4.78, 5) is 10.8. The van der Waals surface area contributed by atoms with Crippen molar-refractivity contribution in [3.8, 4) is 0 Å². The number of carbonyl (C=O) groups is 1. The molecule has 0 spiro atoms. The van der Waals surface area contributed by atoms with Gasteiger partial charge in [0.05, 0.1) is 13.7 Å². The molecule has 136 valence electrons. The Morgan fingerprint density at radius 2 is 1.71 bits per heavy atom. The second-order valence-electron chi connectivity index (χ2n) is 5.79. The van der Waals surface area contributed by atoms with Crippen molar-refractivity contribution in [2.75, 3.05) is 20.3 Å². The standard InChI is InChI=1S/C21H34O3/c1-4-5-13-16-20(2)17-14-11-9-7-6-8-10-12-15-18-24-19-21(22)23-3/h6,8-9,11-12,14-15,17,20H,4-5,7,10,13,16,18-19H2,1-3H3/b8-6-,11-9-,15-12-,17-14+/t20-/m0/s1. The molecular weight excluding hydrogens is 300 g/mol. The number of carbonyl (C=O) groups excluding carboxylic acids is 1. The summed E-state index contributed by atoms with van der Waals surface area (Å²) in [6, 6.07) is 0. The molecule has 0 aromatic rings. The molecule has 24 heavy (non-hydrogen) atoms. The van der Waals surface area contributed by atoms with Crippen LogP contribution >= 0.6 is 0 Å². The van der Waals surface area contributed by atoms with Crippen LogP contribution in [-0.2, 0) is 14.3 Å². The normalized spacial score (nSPS) is 13.6. The van der Waals surface area contributed by atoms with Crippen LogP contribution in [0.15, 0.2) is 48.6 Å². The van der Waals surface area contributed by atoms with Gasteiger partial charge in [0.2, 0.25) is 0 Å². The first-order chi connectivity index (χ1) is 11.7. The lowest BCUT2D eigenvalue weighted by Gasteiger charge is -2.03. The Hall–Kier alpha value is -1.61. The van der Waals surface area contributed by atoms with Gasteiger partial charge in [0, 0.05) is 0 Å². The molecule has 0 bridgehead atoms. The van der Waals surface area contributed by atoms with Gasteiger partial charge < -0.3 is 9.47 Å². The molecule has 0 aromatic carbocycles. The Morgan fingerprint density at radius 1 is 1.00 bits per heavy atom. The first-order valence-electron chi connectivity index (χ1n) is 8.98. The molecule has 0 unspecified atom stereocenters. The van der Waals surface area contributed by atoms with E-state index in [-0.39, 0.29) is 12.6 Å². The SMILES string of the molecule is CCCCC[C@H](C)/C=C/C=C\C/C=C\C/C=C\COCC(=O)OC. The largest absolute Gasteiger partial charge is 0.467 e. The highest BCUT2D eigenvalue weighted by atomic mass is 16.6. The molecule has 3 nitrogen and oxygen atoms in total. The molecule has 0 aliphatic rings. The van der Waals surface area contributed by atoms with E-state index in [1.54, 1.807) is 0 Å². The maximum atomic E-state index is 10.8.